The van der Waals surface area contributed by atoms with Gasteiger partial charge in [-0.3, -0.25) is 9.08 Å². The molecular weight excluding hydrogens is 416 g/mol. The van der Waals surface area contributed by atoms with Crippen molar-refractivity contribution in [3.8, 4) is 0 Å². The van der Waals surface area contributed by atoms with E-state index in [1.165, 1.54) is 38.5 Å². The minimum atomic E-state index is -4.28. The summed E-state index contributed by atoms with van der Waals surface area (Å²) < 4.78 is 36.3. The highest BCUT2D eigenvalue weighted by Crippen LogP contribution is 2.29. The van der Waals surface area contributed by atoms with Gasteiger partial charge in [-0.25, -0.2) is 4.79 Å². The van der Waals surface area contributed by atoms with E-state index in [9.17, 15) is 28.5 Å². The maximum atomic E-state index is 12.2. The predicted molar refractivity (Wildman–Crippen MR) is 109 cm³/mol. The van der Waals surface area contributed by atoms with Crippen LogP contribution >= 0.6 is 0 Å². The molecule has 2 rings (SSSR count). The van der Waals surface area contributed by atoms with Crippen LogP contribution in [0.1, 0.15) is 71.1 Å². The smallest absolute Gasteiger partial charge is 0.411 e. The van der Waals surface area contributed by atoms with Gasteiger partial charge < -0.3 is 20.1 Å². The molecule has 10 nitrogen and oxygen atoms in total. The molecule has 0 bridgehead atoms. The van der Waals surface area contributed by atoms with Gasteiger partial charge in [0.25, 0.3) is 0 Å². The highest BCUT2D eigenvalue weighted by Gasteiger charge is 2.54. The summed E-state index contributed by atoms with van der Waals surface area (Å²) in [6.45, 7) is 1.97. The third-order valence-corrected chi connectivity index (χ3v) is 6.67. The molecule has 0 aliphatic carbocycles. The van der Waals surface area contributed by atoms with Gasteiger partial charge in [0.2, 0.25) is 0 Å². The molecule has 1 amide bonds. The molecule has 5 atom stereocenters. The number of fused-ring (bicyclic) bond motifs is 1. The molecule has 2 heterocycles. The molecule has 0 spiro atoms. The Bertz CT molecular complexity index is 632. The van der Waals surface area contributed by atoms with Gasteiger partial charge in [0.05, 0.1) is 12.6 Å². The van der Waals surface area contributed by atoms with Crippen molar-refractivity contribution in [2.24, 2.45) is 0 Å². The van der Waals surface area contributed by atoms with E-state index in [1.54, 1.807) is 0 Å². The van der Waals surface area contributed by atoms with Crippen molar-refractivity contribution in [3.05, 3.63) is 0 Å². The number of hydrogen-bond donors (Lipinski definition) is 4. The van der Waals surface area contributed by atoms with Gasteiger partial charge in [0.15, 0.2) is 0 Å². The third kappa shape index (κ3) is 7.03. The van der Waals surface area contributed by atoms with Gasteiger partial charge in [-0.05, 0) is 6.42 Å². The van der Waals surface area contributed by atoms with Gasteiger partial charge >= 0.3 is 16.4 Å². The number of rotatable bonds is 14. The summed E-state index contributed by atoms with van der Waals surface area (Å²) in [7, 11) is -4.28. The van der Waals surface area contributed by atoms with E-state index in [4.69, 9.17) is 8.92 Å². The Morgan fingerprint density at radius 2 is 1.53 bits per heavy atom. The van der Waals surface area contributed by atoms with Gasteiger partial charge in [-0.2, -0.15) is 13.1 Å². The maximum Gasteiger partial charge on any atom is 0.411 e. The van der Waals surface area contributed by atoms with E-state index in [-0.39, 0.29) is 13.2 Å². The number of hydrogen-bond acceptors (Lipinski definition) is 8. The number of nitrogens with one attached hydrogen (secondary N) is 1. The first kappa shape index (κ1) is 25.3. The van der Waals surface area contributed by atoms with Crippen LogP contribution in [0.4, 0.5) is 4.79 Å². The Balaban J connectivity index is 1.69. The summed E-state index contributed by atoms with van der Waals surface area (Å²) in [6, 6.07) is -0.953. The molecule has 2 aliphatic rings. The van der Waals surface area contributed by atoms with Crippen LogP contribution in [0.5, 0.6) is 0 Å². The lowest BCUT2D eigenvalue weighted by molar-refractivity contribution is -0.144. The SMILES string of the molecule is CCCCCCCCCCCCOS(=O)(=O)N[C@@H]1C(O)[C@@H](O)[C@H](O)C2COC(=O)N21. The van der Waals surface area contributed by atoms with Crippen LogP contribution in [-0.2, 0) is 19.2 Å². The van der Waals surface area contributed by atoms with E-state index in [0.29, 0.717) is 6.42 Å². The average molecular weight is 453 g/mol. The number of cyclic esters (lactones) is 1. The molecule has 11 heteroatoms. The second kappa shape index (κ2) is 12.2. The van der Waals surface area contributed by atoms with Crippen molar-refractivity contribution in [2.45, 2.75) is 102 Å². The fourth-order valence-electron chi connectivity index (χ4n) is 3.88. The van der Waals surface area contributed by atoms with Crippen molar-refractivity contribution in [1.29, 1.82) is 0 Å². The molecule has 176 valence electrons. The molecule has 2 fully saturated rings. The minimum Gasteiger partial charge on any atom is -0.447 e. The second-order valence-electron chi connectivity index (χ2n) is 8.04. The van der Waals surface area contributed by atoms with Crippen LogP contribution in [0, 0.1) is 0 Å². The zero-order valence-electron chi connectivity index (χ0n) is 17.6. The van der Waals surface area contributed by atoms with Gasteiger partial charge in [0, 0.05) is 0 Å². The van der Waals surface area contributed by atoms with E-state index in [1.807, 2.05) is 0 Å². The highest BCUT2D eigenvalue weighted by atomic mass is 32.2. The number of carbonyl (C=O) groups is 1. The van der Waals surface area contributed by atoms with Crippen LogP contribution in [0.3, 0.4) is 0 Å². The molecule has 30 heavy (non-hydrogen) atoms. The zero-order chi connectivity index (χ0) is 22.1. The lowest BCUT2D eigenvalue weighted by atomic mass is 9.93. The Hall–Kier alpha value is -0.980. The number of carbonyl (C=O) groups excluding carboxylic acids is 1. The fourth-order valence-corrected chi connectivity index (χ4v) is 4.83. The first-order valence-electron chi connectivity index (χ1n) is 10.9. The van der Waals surface area contributed by atoms with Gasteiger partial charge in [-0.15, -0.1) is 0 Å². The first-order chi connectivity index (χ1) is 14.3. The Labute approximate surface area is 178 Å². The van der Waals surface area contributed by atoms with Crippen molar-refractivity contribution < 1.29 is 37.5 Å². The number of nitrogens with zero attached hydrogens (tertiary/aromatic N) is 1. The van der Waals surface area contributed by atoms with E-state index in [2.05, 4.69) is 11.6 Å². The number of amides is 1. The monoisotopic (exact) mass is 452 g/mol. The van der Waals surface area contributed by atoms with Crippen LogP contribution < -0.4 is 4.72 Å². The lowest BCUT2D eigenvalue weighted by Gasteiger charge is -2.43. The number of aliphatic hydroxyl groups is 3. The topological polar surface area (TPSA) is 146 Å². The largest absolute Gasteiger partial charge is 0.447 e. The summed E-state index contributed by atoms with van der Waals surface area (Å²) >= 11 is 0. The van der Waals surface area contributed by atoms with Crippen LogP contribution in [0.15, 0.2) is 0 Å². The van der Waals surface area contributed by atoms with E-state index in [0.717, 1.165) is 24.2 Å². The highest BCUT2D eigenvalue weighted by molar-refractivity contribution is 7.84. The molecule has 0 aromatic rings. The first-order valence-corrected chi connectivity index (χ1v) is 12.3. The van der Waals surface area contributed by atoms with Crippen LogP contribution in [0.2, 0.25) is 0 Å². The zero-order valence-corrected chi connectivity index (χ0v) is 18.4. The molecule has 4 N–H and O–H groups in total. The quantitative estimate of drug-likeness (QED) is 0.286. The standard InChI is InChI=1S/C19H36N2O8S/c1-2-3-4-5-6-7-8-9-10-11-12-29-30(26,27)20-18-17(24)16(23)15(22)14-13-28-19(25)21(14)18/h14-18,20,22-24H,2-13H2,1H3/t14?,15-,16+,17?,18+/m1/s1. The molecule has 0 aromatic heterocycles. The summed E-state index contributed by atoms with van der Waals surface area (Å²) in [5.41, 5.74) is 0. The van der Waals surface area contributed by atoms with Crippen LogP contribution in [-0.4, -0.2) is 78.5 Å². The van der Waals surface area contributed by atoms with Crippen LogP contribution in [0.25, 0.3) is 0 Å². The average Bonchev–Trinajstić information content (AvgIpc) is 3.09. The Kier molecular flexibility index (Phi) is 10.2. The summed E-state index contributed by atoms with van der Waals surface area (Å²) in [5, 5.41) is 30.1. The lowest BCUT2D eigenvalue weighted by Crippen LogP contribution is -2.70. The number of piperidine rings is 1. The summed E-state index contributed by atoms with van der Waals surface area (Å²) in [5.74, 6) is 0. The van der Waals surface area contributed by atoms with E-state index < -0.39 is 46.9 Å². The molecule has 2 saturated heterocycles. The summed E-state index contributed by atoms with van der Waals surface area (Å²) in [4.78, 5) is 12.8. The van der Waals surface area contributed by atoms with Crippen molar-refractivity contribution >= 4 is 16.4 Å². The predicted octanol–water partition coefficient (Wildman–Crippen LogP) is 1.00. The normalized spacial score (nSPS) is 29.1. The van der Waals surface area contributed by atoms with Gasteiger partial charge in [0.1, 0.15) is 31.1 Å². The fraction of sp³-hybridized carbons (Fsp3) is 0.947. The molecule has 0 radical (unpaired) electrons. The maximum absolute atomic E-state index is 12.2. The van der Waals surface area contributed by atoms with Crippen molar-refractivity contribution in [3.63, 3.8) is 0 Å². The molecule has 0 saturated carbocycles. The van der Waals surface area contributed by atoms with Gasteiger partial charge in [-0.1, -0.05) is 64.7 Å². The Morgan fingerprint density at radius 3 is 2.13 bits per heavy atom. The number of unbranched alkanes of at least 4 members (excludes halogenated alkanes) is 9. The summed E-state index contributed by atoms with van der Waals surface area (Å²) in [6.07, 6.45) is 3.88. The minimum absolute atomic E-state index is 0.0201. The van der Waals surface area contributed by atoms with Crippen molar-refractivity contribution in [1.82, 2.24) is 9.62 Å². The van der Waals surface area contributed by atoms with Crippen molar-refractivity contribution in [2.75, 3.05) is 13.2 Å². The molecule has 0 aromatic carbocycles. The second-order valence-corrected chi connectivity index (χ2v) is 9.42. The number of ether oxygens (including phenoxy) is 1. The molecule has 2 unspecified atom stereocenters. The van der Waals surface area contributed by atoms with E-state index >= 15 is 0 Å². The molecular formula is C19H36N2O8S. The number of aliphatic hydroxyl groups excluding tert-OH is 3. The molecule has 2 aliphatic heterocycles. The Morgan fingerprint density at radius 1 is 0.967 bits per heavy atom. The third-order valence-electron chi connectivity index (χ3n) is 5.66.